The summed E-state index contributed by atoms with van der Waals surface area (Å²) in [6.07, 6.45) is 5.96. The predicted molar refractivity (Wildman–Crippen MR) is 86.1 cm³/mol. The second-order valence-electron chi connectivity index (χ2n) is 5.34. The van der Waals surface area contributed by atoms with E-state index in [4.69, 9.17) is 16.3 Å². The number of ether oxygens (including phenoxy) is 1. The molecule has 0 bridgehead atoms. The molecule has 116 valence electrons. The minimum Gasteiger partial charge on any atom is -0.492 e. The standard InChI is InChI=1S/C16H23ClN2O2/c1-3-4-5-6-7-8-21-14-10-13-11(9-12(14)17)15(18-2)16(20)19-13/h9-10,15,18H,3-8H2,1-2H3,(H,19,20). The summed E-state index contributed by atoms with van der Waals surface area (Å²) in [5.41, 5.74) is 1.66. The van der Waals surface area contributed by atoms with Crippen molar-refractivity contribution in [1.82, 2.24) is 5.32 Å². The van der Waals surface area contributed by atoms with Gasteiger partial charge in [0.25, 0.3) is 0 Å². The van der Waals surface area contributed by atoms with Crippen LogP contribution in [0.4, 0.5) is 5.69 Å². The fourth-order valence-corrected chi connectivity index (χ4v) is 2.77. The second kappa shape index (κ2) is 7.66. The van der Waals surface area contributed by atoms with Crippen LogP contribution in [0.3, 0.4) is 0 Å². The summed E-state index contributed by atoms with van der Waals surface area (Å²) in [7, 11) is 1.76. The van der Waals surface area contributed by atoms with Crippen molar-refractivity contribution in [3.05, 3.63) is 22.7 Å². The molecular formula is C16H23ClN2O2. The third-order valence-corrected chi connectivity index (χ3v) is 4.02. The number of hydrogen-bond acceptors (Lipinski definition) is 3. The summed E-state index contributed by atoms with van der Waals surface area (Å²) in [5, 5.41) is 6.38. The van der Waals surface area contributed by atoms with Gasteiger partial charge in [-0.1, -0.05) is 44.2 Å². The Balaban J connectivity index is 1.94. The number of halogens is 1. The Hall–Kier alpha value is -1.26. The average molecular weight is 311 g/mol. The molecule has 1 aliphatic rings. The van der Waals surface area contributed by atoms with Gasteiger partial charge < -0.3 is 15.4 Å². The van der Waals surface area contributed by atoms with E-state index in [1.807, 2.05) is 12.1 Å². The van der Waals surface area contributed by atoms with E-state index >= 15 is 0 Å². The average Bonchev–Trinajstić information content (AvgIpc) is 2.77. The molecule has 21 heavy (non-hydrogen) atoms. The molecule has 4 nitrogen and oxygen atoms in total. The van der Waals surface area contributed by atoms with Gasteiger partial charge in [0.1, 0.15) is 11.8 Å². The minimum atomic E-state index is -0.333. The first-order valence-electron chi connectivity index (χ1n) is 7.61. The fraction of sp³-hybridized carbons (Fsp3) is 0.562. The van der Waals surface area contributed by atoms with Gasteiger partial charge in [-0.2, -0.15) is 0 Å². The lowest BCUT2D eigenvalue weighted by atomic mass is 10.1. The van der Waals surface area contributed by atoms with Crippen LogP contribution in [0.15, 0.2) is 12.1 Å². The van der Waals surface area contributed by atoms with Gasteiger partial charge >= 0.3 is 0 Å². The van der Waals surface area contributed by atoms with Gasteiger partial charge in [0.05, 0.1) is 11.6 Å². The van der Waals surface area contributed by atoms with Crippen molar-refractivity contribution < 1.29 is 9.53 Å². The van der Waals surface area contributed by atoms with Crippen LogP contribution >= 0.6 is 11.6 Å². The molecule has 0 spiro atoms. The molecule has 1 aliphatic heterocycles. The minimum absolute atomic E-state index is 0.0553. The highest BCUT2D eigenvalue weighted by atomic mass is 35.5. The number of carbonyl (C=O) groups excluding carboxylic acids is 1. The van der Waals surface area contributed by atoms with Gasteiger partial charge in [0, 0.05) is 17.3 Å². The van der Waals surface area contributed by atoms with Crippen LogP contribution in [-0.2, 0) is 4.79 Å². The molecule has 0 aliphatic carbocycles. The van der Waals surface area contributed by atoms with E-state index in [9.17, 15) is 4.79 Å². The van der Waals surface area contributed by atoms with Crippen LogP contribution in [-0.4, -0.2) is 19.6 Å². The molecular weight excluding hydrogens is 288 g/mol. The number of anilines is 1. The summed E-state index contributed by atoms with van der Waals surface area (Å²) in [6, 6.07) is 3.29. The highest BCUT2D eigenvalue weighted by Crippen LogP contribution is 2.38. The normalized spacial score (nSPS) is 16.7. The highest BCUT2D eigenvalue weighted by Gasteiger charge is 2.30. The van der Waals surface area contributed by atoms with Crippen molar-refractivity contribution in [2.45, 2.75) is 45.1 Å². The molecule has 1 atom stereocenters. The first-order chi connectivity index (χ1) is 10.2. The van der Waals surface area contributed by atoms with Crippen molar-refractivity contribution in [2.75, 3.05) is 19.0 Å². The van der Waals surface area contributed by atoms with Crippen LogP contribution in [0.5, 0.6) is 5.75 Å². The number of fused-ring (bicyclic) bond motifs is 1. The molecule has 1 aromatic carbocycles. The summed E-state index contributed by atoms with van der Waals surface area (Å²) in [6.45, 7) is 2.86. The maximum Gasteiger partial charge on any atom is 0.246 e. The van der Waals surface area contributed by atoms with Crippen LogP contribution in [0, 0.1) is 0 Å². The van der Waals surface area contributed by atoms with Crippen molar-refractivity contribution >= 4 is 23.2 Å². The molecule has 5 heteroatoms. The van der Waals surface area contributed by atoms with Gasteiger partial charge in [-0.05, 0) is 19.5 Å². The van der Waals surface area contributed by atoms with Crippen molar-refractivity contribution in [2.24, 2.45) is 0 Å². The van der Waals surface area contributed by atoms with E-state index in [-0.39, 0.29) is 11.9 Å². The smallest absolute Gasteiger partial charge is 0.246 e. The quantitative estimate of drug-likeness (QED) is 0.716. The molecule has 2 N–H and O–H groups in total. The van der Waals surface area contributed by atoms with Gasteiger partial charge in [-0.15, -0.1) is 0 Å². The summed E-state index contributed by atoms with van der Waals surface area (Å²) in [4.78, 5) is 11.8. The van der Waals surface area contributed by atoms with E-state index in [2.05, 4.69) is 17.6 Å². The number of hydrogen-bond donors (Lipinski definition) is 2. The van der Waals surface area contributed by atoms with Gasteiger partial charge in [-0.3, -0.25) is 4.79 Å². The third kappa shape index (κ3) is 3.89. The Morgan fingerprint density at radius 3 is 2.76 bits per heavy atom. The summed E-state index contributed by atoms with van der Waals surface area (Å²) >= 11 is 6.25. The van der Waals surface area contributed by atoms with E-state index in [1.54, 1.807) is 7.05 Å². The lowest BCUT2D eigenvalue weighted by Gasteiger charge is -2.11. The van der Waals surface area contributed by atoms with Crippen LogP contribution < -0.4 is 15.4 Å². The van der Waals surface area contributed by atoms with E-state index < -0.39 is 0 Å². The van der Waals surface area contributed by atoms with Gasteiger partial charge in [0.2, 0.25) is 5.91 Å². The maximum absolute atomic E-state index is 11.8. The zero-order valence-electron chi connectivity index (χ0n) is 12.7. The van der Waals surface area contributed by atoms with Crippen LogP contribution in [0.25, 0.3) is 0 Å². The van der Waals surface area contributed by atoms with Crippen molar-refractivity contribution in [3.63, 3.8) is 0 Å². The number of benzene rings is 1. The lowest BCUT2D eigenvalue weighted by Crippen LogP contribution is -2.23. The molecule has 1 aromatic rings. The van der Waals surface area contributed by atoms with Crippen molar-refractivity contribution in [3.8, 4) is 5.75 Å². The first kappa shape index (κ1) is 16.1. The Morgan fingerprint density at radius 1 is 1.29 bits per heavy atom. The highest BCUT2D eigenvalue weighted by molar-refractivity contribution is 6.32. The molecule has 0 saturated heterocycles. The second-order valence-corrected chi connectivity index (χ2v) is 5.75. The molecule has 0 saturated carbocycles. The number of nitrogens with one attached hydrogen (secondary N) is 2. The van der Waals surface area contributed by atoms with Crippen LogP contribution in [0.2, 0.25) is 5.02 Å². The SMILES string of the molecule is CCCCCCCOc1cc2c(cc1Cl)C(NC)C(=O)N2. The van der Waals surface area contributed by atoms with Crippen LogP contribution in [0.1, 0.15) is 50.6 Å². The summed E-state index contributed by atoms with van der Waals surface area (Å²) < 4.78 is 5.74. The number of rotatable bonds is 8. The molecule has 1 unspecified atom stereocenters. The molecule has 0 aromatic heterocycles. The topological polar surface area (TPSA) is 50.4 Å². The molecule has 0 radical (unpaired) electrons. The Labute approximate surface area is 131 Å². The Morgan fingerprint density at radius 2 is 2.05 bits per heavy atom. The Kier molecular flexibility index (Phi) is 5.88. The number of likely N-dealkylation sites (N-methyl/N-ethyl adjacent to an activating group) is 1. The third-order valence-electron chi connectivity index (χ3n) is 3.73. The molecule has 2 rings (SSSR count). The zero-order valence-corrected chi connectivity index (χ0v) is 13.4. The molecule has 1 heterocycles. The van der Waals surface area contributed by atoms with Crippen molar-refractivity contribution in [1.29, 1.82) is 0 Å². The maximum atomic E-state index is 11.8. The summed E-state index contributed by atoms with van der Waals surface area (Å²) in [5.74, 6) is 0.586. The van der Waals surface area contributed by atoms with E-state index in [1.165, 1.54) is 25.7 Å². The molecule has 0 fully saturated rings. The zero-order chi connectivity index (χ0) is 15.2. The monoisotopic (exact) mass is 310 g/mol. The predicted octanol–water partition coefficient (Wildman–Crippen LogP) is 3.90. The fourth-order valence-electron chi connectivity index (χ4n) is 2.55. The van der Waals surface area contributed by atoms with Gasteiger partial charge in [0.15, 0.2) is 0 Å². The molecule has 1 amide bonds. The van der Waals surface area contributed by atoms with E-state index in [0.29, 0.717) is 17.4 Å². The van der Waals surface area contributed by atoms with Gasteiger partial charge in [-0.25, -0.2) is 0 Å². The first-order valence-corrected chi connectivity index (χ1v) is 7.99. The lowest BCUT2D eigenvalue weighted by molar-refractivity contribution is -0.117. The number of amides is 1. The van der Waals surface area contributed by atoms with E-state index in [0.717, 1.165) is 17.7 Å². The number of carbonyl (C=O) groups is 1. The Bertz CT molecular complexity index is 505. The largest absolute Gasteiger partial charge is 0.492 e. The number of unbranched alkanes of at least 4 members (excludes halogenated alkanes) is 4.